The third-order valence-electron chi connectivity index (χ3n) is 3.08. The molecule has 0 spiro atoms. The van der Waals surface area contributed by atoms with Crippen molar-refractivity contribution in [1.29, 1.82) is 0 Å². The van der Waals surface area contributed by atoms with Crippen LogP contribution < -0.4 is 10.6 Å². The molecule has 0 amide bonds. The zero-order chi connectivity index (χ0) is 12.6. The predicted octanol–water partition coefficient (Wildman–Crippen LogP) is 0.604. The summed E-state index contributed by atoms with van der Waals surface area (Å²) in [5.41, 5.74) is 5.04. The van der Waals surface area contributed by atoms with Crippen LogP contribution >= 0.6 is 0 Å². The van der Waals surface area contributed by atoms with Gasteiger partial charge in [0.2, 0.25) is 5.95 Å². The number of rotatable bonds is 1. The SMILES string of the molecule is CC1(C)CN(c2nccc(N)n2)C[C@@H](F)[C@H]1O. The van der Waals surface area contributed by atoms with Gasteiger partial charge >= 0.3 is 0 Å². The van der Waals surface area contributed by atoms with Crippen molar-refractivity contribution in [2.24, 2.45) is 5.41 Å². The molecule has 3 N–H and O–H groups in total. The average molecular weight is 240 g/mol. The minimum Gasteiger partial charge on any atom is -0.389 e. The van der Waals surface area contributed by atoms with E-state index in [2.05, 4.69) is 9.97 Å². The number of nitrogens with zero attached hydrogens (tertiary/aromatic N) is 3. The summed E-state index contributed by atoms with van der Waals surface area (Å²) in [6.07, 6.45) is -0.716. The van der Waals surface area contributed by atoms with Crippen molar-refractivity contribution in [1.82, 2.24) is 9.97 Å². The number of piperidine rings is 1. The predicted molar refractivity (Wildman–Crippen MR) is 63.3 cm³/mol. The van der Waals surface area contributed by atoms with E-state index < -0.39 is 17.7 Å². The molecule has 0 aromatic carbocycles. The number of nitrogens with two attached hydrogens (primary N) is 1. The molecular formula is C11H17FN4O. The summed E-state index contributed by atoms with van der Waals surface area (Å²) in [6.45, 7) is 4.23. The number of anilines is 2. The Morgan fingerprint density at radius 3 is 2.88 bits per heavy atom. The molecule has 1 aromatic heterocycles. The molecule has 0 aliphatic carbocycles. The zero-order valence-corrected chi connectivity index (χ0v) is 9.97. The van der Waals surface area contributed by atoms with E-state index >= 15 is 0 Å². The molecule has 2 heterocycles. The molecule has 0 bridgehead atoms. The quantitative estimate of drug-likeness (QED) is 0.752. The Kier molecular flexibility index (Phi) is 2.91. The van der Waals surface area contributed by atoms with Gasteiger partial charge in [-0.15, -0.1) is 0 Å². The maximum absolute atomic E-state index is 13.7. The van der Waals surface area contributed by atoms with Crippen molar-refractivity contribution in [3.63, 3.8) is 0 Å². The largest absolute Gasteiger partial charge is 0.389 e. The summed E-state index contributed by atoms with van der Waals surface area (Å²) < 4.78 is 13.7. The van der Waals surface area contributed by atoms with E-state index in [-0.39, 0.29) is 6.54 Å². The van der Waals surface area contributed by atoms with Crippen molar-refractivity contribution in [3.05, 3.63) is 12.3 Å². The minimum atomic E-state index is -1.30. The van der Waals surface area contributed by atoms with E-state index in [4.69, 9.17) is 5.73 Å². The molecule has 17 heavy (non-hydrogen) atoms. The molecule has 94 valence electrons. The average Bonchev–Trinajstić information content (AvgIpc) is 2.25. The first-order valence-corrected chi connectivity index (χ1v) is 5.56. The van der Waals surface area contributed by atoms with E-state index in [0.717, 1.165) is 0 Å². The van der Waals surface area contributed by atoms with Crippen LogP contribution in [0.4, 0.5) is 16.2 Å². The number of alkyl halides is 1. The first-order valence-electron chi connectivity index (χ1n) is 5.56. The molecule has 1 fully saturated rings. The van der Waals surface area contributed by atoms with E-state index in [9.17, 15) is 9.50 Å². The van der Waals surface area contributed by atoms with Gasteiger partial charge in [0, 0.05) is 18.2 Å². The fraction of sp³-hybridized carbons (Fsp3) is 0.636. The first kappa shape index (κ1) is 12.0. The van der Waals surface area contributed by atoms with Gasteiger partial charge in [-0.1, -0.05) is 13.8 Å². The highest BCUT2D eigenvalue weighted by Crippen LogP contribution is 2.32. The second-order valence-electron chi connectivity index (χ2n) is 5.11. The van der Waals surface area contributed by atoms with Gasteiger partial charge in [-0.05, 0) is 6.07 Å². The Morgan fingerprint density at radius 1 is 1.59 bits per heavy atom. The maximum atomic E-state index is 13.7. The van der Waals surface area contributed by atoms with Gasteiger partial charge < -0.3 is 15.7 Å². The van der Waals surface area contributed by atoms with Crippen molar-refractivity contribution in [3.8, 4) is 0 Å². The van der Waals surface area contributed by atoms with Gasteiger partial charge in [-0.3, -0.25) is 0 Å². The van der Waals surface area contributed by atoms with Crippen molar-refractivity contribution in [2.75, 3.05) is 23.7 Å². The van der Waals surface area contributed by atoms with Crippen LogP contribution in [0.1, 0.15) is 13.8 Å². The highest BCUT2D eigenvalue weighted by atomic mass is 19.1. The van der Waals surface area contributed by atoms with E-state index in [1.54, 1.807) is 17.2 Å². The lowest BCUT2D eigenvalue weighted by Crippen LogP contribution is -2.55. The lowest BCUT2D eigenvalue weighted by Gasteiger charge is -2.43. The molecule has 0 saturated carbocycles. The molecule has 1 aromatic rings. The smallest absolute Gasteiger partial charge is 0.227 e. The van der Waals surface area contributed by atoms with Crippen LogP contribution in [-0.4, -0.2) is 40.4 Å². The molecule has 1 saturated heterocycles. The summed E-state index contributed by atoms with van der Waals surface area (Å²) in [5, 5.41) is 9.76. The second kappa shape index (κ2) is 4.10. The fourth-order valence-electron chi connectivity index (χ4n) is 2.12. The molecule has 0 radical (unpaired) electrons. The van der Waals surface area contributed by atoms with Gasteiger partial charge in [0.15, 0.2) is 0 Å². The molecule has 2 atom stereocenters. The molecule has 1 aliphatic heterocycles. The van der Waals surface area contributed by atoms with Crippen molar-refractivity contribution >= 4 is 11.8 Å². The third-order valence-corrected chi connectivity index (χ3v) is 3.08. The topological polar surface area (TPSA) is 75.3 Å². The molecule has 0 unspecified atom stereocenters. The third kappa shape index (κ3) is 2.31. The highest BCUT2D eigenvalue weighted by molar-refractivity contribution is 5.39. The maximum Gasteiger partial charge on any atom is 0.227 e. The van der Waals surface area contributed by atoms with E-state index in [1.807, 2.05) is 13.8 Å². The summed E-state index contributed by atoms with van der Waals surface area (Å²) in [7, 11) is 0. The molecule has 2 rings (SSSR count). The Balaban J connectivity index is 2.24. The first-order chi connectivity index (χ1) is 7.90. The number of nitrogen functional groups attached to an aromatic ring is 1. The normalized spacial score (nSPS) is 28.1. The number of aromatic nitrogens is 2. The number of aliphatic hydroxyl groups excluding tert-OH is 1. The Hall–Kier alpha value is -1.43. The molecule has 1 aliphatic rings. The van der Waals surface area contributed by atoms with Crippen LogP contribution in [-0.2, 0) is 0 Å². The van der Waals surface area contributed by atoms with Crippen molar-refractivity contribution in [2.45, 2.75) is 26.1 Å². The summed E-state index contributed by atoms with van der Waals surface area (Å²) in [4.78, 5) is 9.86. The number of aliphatic hydroxyl groups is 1. The Bertz CT molecular complexity index is 412. The molecule has 5 nitrogen and oxygen atoms in total. The number of hydrogen-bond acceptors (Lipinski definition) is 5. The Labute approximate surface area is 99.5 Å². The van der Waals surface area contributed by atoms with Crippen LogP contribution in [0, 0.1) is 5.41 Å². The van der Waals surface area contributed by atoms with Crippen LogP contribution in [0.2, 0.25) is 0 Å². The zero-order valence-electron chi connectivity index (χ0n) is 9.97. The van der Waals surface area contributed by atoms with Gasteiger partial charge in [0.1, 0.15) is 12.0 Å². The fourth-order valence-corrected chi connectivity index (χ4v) is 2.12. The van der Waals surface area contributed by atoms with E-state index in [0.29, 0.717) is 18.3 Å². The van der Waals surface area contributed by atoms with Gasteiger partial charge in [0.05, 0.1) is 12.6 Å². The van der Waals surface area contributed by atoms with Gasteiger partial charge in [-0.2, -0.15) is 4.98 Å². The summed E-state index contributed by atoms with van der Waals surface area (Å²) >= 11 is 0. The lowest BCUT2D eigenvalue weighted by molar-refractivity contribution is -0.0257. The van der Waals surface area contributed by atoms with Crippen LogP contribution in [0.15, 0.2) is 12.3 Å². The molecule has 6 heteroatoms. The summed E-state index contributed by atoms with van der Waals surface area (Å²) in [6, 6.07) is 1.58. The number of hydrogen-bond donors (Lipinski definition) is 2. The minimum absolute atomic E-state index is 0.0913. The Morgan fingerprint density at radius 2 is 2.29 bits per heavy atom. The summed E-state index contributed by atoms with van der Waals surface area (Å²) in [5.74, 6) is 0.766. The standard InChI is InChI=1S/C11H17FN4O/c1-11(2)6-16(5-7(12)9(11)17)10-14-4-3-8(13)15-10/h3-4,7,9,17H,5-6H2,1-2H3,(H2,13,14,15)/t7-,9-/m1/s1. The van der Waals surface area contributed by atoms with Crippen LogP contribution in [0.3, 0.4) is 0 Å². The monoisotopic (exact) mass is 240 g/mol. The molecular weight excluding hydrogens is 223 g/mol. The van der Waals surface area contributed by atoms with Crippen LogP contribution in [0.25, 0.3) is 0 Å². The van der Waals surface area contributed by atoms with Crippen LogP contribution in [0.5, 0.6) is 0 Å². The second-order valence-corrected chi connectivity index (χ2v) is 5.11. The van der Waals surface area contributed by atoms with Gasteiger partial charge in [0.25, 0.3) is 0 Å². The van der Waals surface area contributed by atoms with Gasteiger partial charge in [-0.25, -0.2) is 9.37 Å². The van der Waals surface area contributed by atoms with E-state index in [1.165, 1.54) is 0 Å². The highest BCUT2D eigenvalue weighted by Gasteiger charge is 2.42. The van der Waals surface area contributed by atoms with Crippen molar-refractivity contribution < 1.29 is 9.50 Å². The number of halogens is 1. The lowest BCUT2D eigenvalue weighted by atomic mass is 9.80.